The second kappa shape index (κ2) is 11.5. The van der Waals surface area contributed by atoms with Crippen molar-refractivity contribution in [2.75, 3.05) is 11.9 Å². The summed E-state index contributed by atoms with van der Waals surface area (Å²) in [5, 5.41) is 16.4. The van der Waals surface area contributed by atoms with Crippen molar-refractivity contribution in [3.8, 4) is 11.8 Å². The molecule has 1 aromatic heterocycles. The molecule has 0 saturated heterocycles. The zero-order valence-corrected chi connectivity index (χ0v) is 17.8. The van der Waals surface area contributed by atoms with Crippen molar-refractivity contribution in [1.82, 2.24) is 5.32 Å². The minimum atomic E-state index is -0.239. The van der Waals surface area contributed by atoms with Crippen LogP contribution in [0.2, 0.25) is 0 Å². The number of hydrogen-bond acceptors (Lipinski definition) is 5. The molecule has 158 valence electrons. The number of ether oxygens (including phenoxy) is 1. The molecule has 7 heteroatoms. The van der Waals surface area contributed by atoms with E-state index in [0.29, 0.717) is 30.0 Å². The molecular formula is C24H23N3O3S. The van der Waals surface area contributed by atoms with E-state index in [2.05, 4.69) is 16.7 Å². The zero-order chi connectivity index (χ0) is 21.9. The summed E-state index contributed by atoms with van der Waals surface area (Å²) in [5.74, 6) is 0.275. The first-order chi connectivity index (χ1) is 15.1. The summed E-state index contributed by atoms with van der Waals surface area (Å²) in [5.41, 5.74) is 1.92. The monoisotopic (exact) mass is 433 g/mol. The molecule has 3 rings (SSSR count). The number of benzene rings is 2. The van der Waals surface area contributed by atoms with Crippen LogP contribution in [0.25, 0.3) is 0 Å². The maximum absolute atomic E-state index is 12.5. The summed E-state index contributed by atoms with van der Waals surface area (Å²) in [6, 6.07) is 20.1. The van der Waals surface area contributed by atoms with Gasteiger partial charge in [-0.3, -0.25) is 9.59 Å². The third-order valence-electron chi connectivity index (χ3n) is 4.47. The molecule has 2 amide bonds. The van der Waals surface area contributed by atoms with Crippen molar-refractivity contribution < 1.29 is 14.3 Å². The lowest BCUT2D eigenvalue weighted by Crippen LogP contribution is -2.23. The van der Waals surface area contributed by atoms with Gasteiger partial charge in [-0.25, -0.2) is 0 Å². The van der Waals surface area contributed by atoms with Gasteiger partial charge in [0, 0.05) is 29.1 Å². The number of nitrogens with zero attached hydrogens (tertiary/aromatic N) is 1. The van der Waals surface area contributed by atoms with Gasteiger partial charge in [-0.05, 0) is 60.2 Å². The molecule has 2 aromatic carbocycles. The van der Waals surface area contributed by atoms with Crippen molar-refractivity contribution in [3.05, 3.63) is 82.0 Å². The van der Waals surface area contributed by atoms with E-state index in [0.717, 1.165) is 18.4 Å². The number of nitrogens with one attached hydrogen (secondary N) is 2. The van der Waals surface area contributed by atoms with E-state index in [1.54, 1.807) is 47.7 Å². The van der Waals surface area contributed by atoms with Gasteiger partial charge >= 0.3 is 0 Å². The molecule has 0 spiro atoms. The smallest absolute Gasteiger partial charge is 0.251 e. The standard InChI is InChI=1S/C24H23N3O3S/c25-12-13-30-21-8-1-5-18(15-21)17-26-24(29)19-6-2-7-20(16-19)27-23(28)11-3-9-22-10-4-14-31-22/h1-2,4-8,10,14-16H,3,9,11,13,17H2,(H,26,29)(H,27,28). The van der Waals surface area contributed by atoms with Crippen LogP contribution in [0, 0.1) is 11.3 Å². The quantitative estimate of drug-likeness (QED) is 0.491. The zero-order valence-electron chi connectivity index (χ0n) is 17.0. The van der Waals surface area contributed by atoms with E-state index in [9.17, 15) is 9.59 Å². The van der Waals surface area contributed by atoms with E-state index < -0.39 is 0 Å². The van der Waals surface area contributed by atoms with E-state index in [-0.39, 0.29) is 18.4 Å². The lowest BCUT2D eigenvalue weighted by Gasteiger charge is -2.09. The van der Waals surface area contributed by atoms with Crippen LogP contribution in [-0.2, 0) is 17.8 Å². The van der Waals surface area contributed by atoms with Crippen molar-refractivity contribution in [2.24, 2.45) is 0 Å². The first-order valence-corrected chi connectivity index (χ1v) is 10.8. The molecule has 6 nitrogen and oxygen atoms in total. The van der Waals surface area contributed by atoms with Gasteiger partial charge in [-0.15, -0.1) is 11.3 Å². The Morgan fingerprint density at radius 1 is 1.06 bits per heavy atom. The number of anilines is 1. The number of hydrogen-bond donors (Lipinski definition) is 2. The van der Waals surface area contributed by atoms with E-state index >= 15 is 0 Å². The number of rotatable bonds is 10. The second-order valence-electron chi connectivity index (χ2n) is 6.84. The molecule has 0 aliphatic carbocycles. The summed E-state index contributed by atoms with van der Waals surface area (Å²) in [6.45, 7) is 0.296. The Balaban J connectivity index is 1.49. The summed E-state index contributed by atoms with van der Waals surface area (Å²) in [6.07, 6.45) is 2.10. The molecule has 1 heterocycles. The van der Waals surface area contributed by atoms with E-state index in [1.165, 1.54) is 4.88 Å². The third kappa shape index (κ3) is 7.28. The molecule has 0 unspecified atom stereocenters. The Kier molecular flexibility index (Phi) is 8.21. The maximum atomic E-state index is 12.5. The lowest BCUT2D eigenvalue weighted by molar-refractivity contribution is -0.116. The number of carbonyl (C=O) groups excluding carboxylic acids is 2. The molecule has 0 bridgehead atoms. The van der Waals surface area contributed by atoms with Crippen LogP contribution in [0.1, 0.15) is 33.6 Å². The van der Waals surface area contributed by atoms with Crippen LogP contribution in [0.3, 0.4) is 0 Å². The molecule has 0 atom stereocenters. The first kappa shape index (κ1) is 22.1. The van der Waals surface area contributed by atoms with Gasteiger partial charge in [0.15, 0.2) is 6.61 Å². The maximum Gasteiger partial charge on any atom is 0.251 e. The van der Waals surface area contributed by atoms with Gasteiger partial charge in [0.1, 0.15) is 11.8 Å². The summed E-state index contributed by atoms with van der Waals surface area (Å²) >= 11 is 1.69. The molecule has 0 aliphatic rings. The SMILES string of the molecule is N#CCOc1cccc(CNC(=O)c2cccc(NC(=O)CCCc3cccs3)c2)c1. The Morgan fingerprint density at radius 2 is 1.94 bits per heavy atom. The van der Waals surface area contributed by atoms with Crippen molar-refractivity contribution >= 4 is 28.8 Å². The molecule has 31 heavy (non-hydrogen) atoms. The van der Waals surface area contributed by atoms with Gasteiger partial charge in [0.05, 0.1) is 0 Å². The highest BCUT2D eigenvalue weighted by atomic mass is 32.1. The highest BCUT2D eigenvalue weighted by Gasteiger charge is 2.09. The minimum absolute atomic E-state index is 0.0254. The summed E-state index contributed by atoms with van der Waals surface area (Å²) in [7, 11) is 0. The first-order valence-electron chi connectivity index (χ1n) is 9.93. The molecule has 0 fully saturated rings. The van der Waals surface area contributed by atoms with Gasteiger partial charge in [0.2, 0.25) is 5.91 Å². The minimum Gasteiger partial charge on any atom is -0.479 e. The third-order valence-corrected chi connectivity index (χ3v) is 5.41. The van der Waals surface area contributed by atoms with Crippen LogP contribution in [0.5, 0.6) is 5.75 Å². The van der Waals surface area contributed by atoms with Crippen molar-refractivity contribution in [3.63, 3.8) is 0 Å². The normalized spacial score (nSPS) is 10.2. The molecular weight excluding hydrogens is 410 g/mol. The number of carbonyl (C=O) groups is 2. The van der Waals surface area contributed by atoms with Crippen LogP contribution >= 0.6 is 11.3 Å². The largest absolute Gasteiger partial charge is 0.479 e. The molecule has 0 aliphatic heterocycles. The molecule has 0 saturated carbocycles. The molecule has 0 radical (unpaired) electrons. The fourth-order valence-electron chi connectivity index (χ4n) is 2.98. The molecule has 2 N–H and O–H groups in total. The Morgan fingerprint density at radius 3 is 2.74 bits per heavy atom. The highest BCUT2D eigenvalue weighted by molar-refractivity contribution is 7.09. The number of thiophene rings is 1. The van der Waals surface area contributed by atoms with Crippen molar-refractivity contribution in [1.29, 1.82) is 5.26 Å². The Labute approximate surface area is 185 Å². The number of aryl methyl sites for hydroxylation is 1. The van der Waals surface area contributed by atoms with E-state index in [4.69, 9.17) is 10.00 Å². The summed E-state index contributed by atoms with van der Waals surface area (Å²) in [4.78, 5) is 26.0. The van der Waals surface area contributed by atoms with Gasteiger partial charge in [-0.1, -0.05) is 24.3 Å². The lowest BCUT2D eigenvalue weighted by atomic mass is 10.1. The van der Waals surface area contributed by atoms with Gasteiger partial charge < -0.3 is 15.4 Å². The van der Waals surface area contributed by atoms with Crippen LogP contribution in [0.4, 0.5) is 5.69 Å². The predicted molar refractivity (Wildman–Crippen MR) is 121 cm³/mol. The fourth-order valence-corrected chi connectivity index (χ4v) is 3.74. The van der Waals surface area contributed by atoms with Crippen molar-refractivity contribution in [2.45, 2.75) is 25.8 Å². The van der Waals surface area contributed by atoms with Gasteiger partial charge in [-0.2, -0.15) is 5.26 Å². The predicted octanol–water partition coefficient (Wildman–Crippen LogP) is 4.54. The van der Waals surface area contributed by atoms with Crippen LogP contribution < -0.4 is 15.4 Å². The topological polar surface area (TPSA) is 91.2 Å². The Bertz CT molecular complexity index is 1060. The van der Waals surface area contributed by atoms with Gasteiger partial charge in [0.25, 0.3) is 5.91 Å². The van der Waals surface area contributed by atoms with E-state index in [1.807, 2.05) is 29.6 Å². The number of nitriles is 1. The number of amides is 2. The molecule has 3 aromatic rings. The average Bonchev–Trinajstić information content (AvgIpc) is 3.30. The summed E-state index contributed by atoms with van der Waals surface area (Å²) < 4.78 is 5.28. The second-order valence-corrected chi connectivity index (χ2v) is 7.87. The highest BCUT2D eigenvalue weighted by Crippen LogP contribution is 2.15. The van der Waals surface area contributed by atoms with Crippen LogP contribution in [0.15, 0.2) is 66.0 Å². The average molecular weight is 434 g/mol. The Hall–Kier alpha value is -3.63. The fraction of sp³-hybridized carbons (Fsp3) is 0.208. The van der Waals surface area contributed by atoms with Crippen LogP contribution in [-0.4, -0.2) is 18.4 Å².